The van der Waals surface area contributed by atoms with Crippen LogP contribution in [-0.2, 0) is 11.3 Å². The minimum absolute atomic E-state index is 0.0208. The fourth-order valence-corrected chi connectivity index (χ4v) is 2.19. The Morgan fingerprint density at radius 1 is 1.36 bits per heavy atom. The predicted octanol–water partition coefficient (Wildman–Crippen LogP) is 2.16. The quantitative estimate of drug-likeness (QED) is 0.535. The largest absolute Gasteiger partial charge is 0.493 e. The number of nitrogens with zero attached hydrogens (tertiary/aromatic N) is 2. The number of benzene rings is 1. The number of carbonyl (C=O) groups excluding carboxylic acids is 1. The summed E-state index contributed by atoms with van der Waals surface area (Å²) in [4.78, 5) is 23.9. The molecule has 1 amide bonds. The van der Waals surface area contributed by atoms with Gasteiger partial charge in [0.2, 0.25) is 5.91 Å². The van der Waals surface area contributed by atoms with E-state index in [1.54, 1.807) is 11.9 Å². The van der Waals surface area contributed by atoms with Crippen molar-refractivity contribution >= 4 is 11.6 Å². The van der Waals surface area contributed by atoms with E-state index < -0.39 is 23.0 Å². The summed E-state index contributed by atoms with van der Waals surface area (Å²) in [6.07, 6.45) is 0. The van der Waals surface area contributed by atoms with Gasteiger partial charge in [-0.05, 0) is 27.0 Å². The van der Waals surface area contributed by atoms with E-state index in [0.717, 1.165) is 6.07 Å². The summed E-state index contributed by atoms with van der Waals surface area (Å²) < 4.78 is 34.1. The molecule has 0 spiro atoms. The Hall–Kier alpha value is -2.49. The first-order chi connectivity index (χ1) is 11.6. The van der Waals surface area contributed by atoms with Crippen LogP contribution < -0.4 is 14.8 Å². The zero-order valence-corrected chi connectivity index (χ0v) is 14.4. The molecular weight excluding hydrogens is 340 g/mol. The summed E-state index contributed by atoms with van der Waals surface area (Å²) >= 11 is 0. The van der Waals surface area contributed by atoms with Crippen molar-refractivity contribution in [1.29, 1.82) is 0 Å². The topological polar surface area (TPSA) is 93.9 Å². The van der Waals surface area contributed by atoms with Crippen molar-refractivity contribution in [3.05, 3.63) is 27.8 Å². The molecule has 0 aromatic heterocycles. The van der Waals surface area contributed by atoms with Crippen LogP contribution in [0.2, 0.25) is 0 Å². The molecule has 0 aliphatic carbocycles. The lowest BCUT2D eigenvalue weighted by atomic mass is 10.1. The van der Waals surface area contributed by atoms with Gasteiger partial charge in [-0.25, -0.2) is 0 Å². The van der Waals surface area contributed by atoms with E-state index in [9.17, 15) is 23.7 Å². The molecule has 1 aromatic carbocycles. The van der Waals surface area contributed by atoms with Gasteiger partial charge >= 0.3 is 6.61 Å². The maximum atomic E-state index is 12.4. The molecular formula is C15H21F2N3O5. The average molecular weight is 361 g/mol. The van der Waals surface area contributed by atoms with Crippen LogP contribution in [0.4, 0.5) is 14.5 Å². The van der Waals surface area contributed by atoms with Crippen molar-refractivity contribution < 1.29 is 28.0 Å². The number of rotatable bonds is 9. The highest BCUT2D eigenvalue weighted by Gasteiger charge is 2.23. The molecule has 10 heteroatoms. The van der Waals surface area contributed by atoms with Gasteiger partial charge in [0.05, 0.1) is 24.6 Å². The highest BCUT2D eigenvalue weighted by Crippen LogP contribution is 2.36. The normalized spacial score (nSPS) is 11.1. The maximum absolute atomic E-state index is 12.4. The van der Waals surface area contributed by atoms with Crippen LogP contribution in [0.1, 0.15) is 19.4 Å². The van der Waals surface area contributed by atoms with Gasteiger partial charge in [-0.1, -0.05) is 0 Å². The molecule has 0 radical (unpaired) electrons. The Morgan fingerprint density at radius 2 is 2.00 bits per heavy atom. The Labute approximate surface area is 143 Å². The standard InChI is InChI=1S/C15H21F2N3O5/c1-9(2)18-14(21)8-19(3)7-10-5-12(24-4)13(25-15(16)17)6-11(10)20(22)23/h5-6,9,15H,7-8H2,1-4H3,(H,18,21). The first-order valence-electron chi connectivity index (χ1n) is 7.42. The van der Waals surface area contributed by atoms with Crippen LogP contribution in [0, 0.1) is 10.1 Å². The predicted molar refractivity (Wildman–Crippen MR) is 85.9 cm³/mol. The SMILES string of the molecule is COc1cc(CN(C)CC(=O)NC(C)C)c([N+](=O)[O-])cc1OC(F)F. The van der Waals surface area contributed by atoms with Crippen molar-refractivity contribution in [1.82, 2.24) is 10.2 Å². The molecule has 25 heavy (non-hydrogen) atoms. The van der Waals surface area contributed by atoms with Gasteiger partial charge in [-0.2, -0.15) is 8.78 Å². The third-order valence-electron chi connectivity index (χ3n) is 3.08. The second kappa shape index (κ2) is 9.11. The van der Waals surface area contributed by atoms with Crippen molar-refractivity contribution in [3.63, 3.8) is 0 Å². The number of alkyl halides is 2. The lowest BCUT2D eigenvalue weighted by molar-refractivity contribution is -0.385. The lowest BCUT2D eigenvalue weighted by Crippen LogP contribution is -2.38. The molecule has 0 saturated heterocycles. The highest BCUT2D eigenvalue weighted by atomic mass is 19.3. The molecule has 0 aliphatic heterocycles. The number of carbonyl (C=O) groups is 1. The first kappa shape index (κ1) is 20.6. The molecule has 1 N–H and O–H groups in total. The minimum Gasteiger partial charge on any atom is -0.493 e. The molecule has 0 aliphatic rings. The van der Waals surface area contributed by atoms with E-state index in [4.69, 9.17) is 4.74 Å². The van der Waals surface area contributed by atoms with Gasteiger partial charge in [-0.15, -0.1) is 0 Å². The molecule has 8 nitrogen and oxygen atoms in total. The Balaban J connectivity index is 3.04. The van der Waals surface area contributed by atoms with E-state index in [1.807, 2.05) is 13.8 Å². The van der Waals surface area contributed by atoms with Crippen LogP contribution in [0.5, 0.6) is 11.5 Å². The number of nitrogens with one attached hydrogen (secondary N) is 1. The minimum atomic E-state index is -3.14. The van der Waals surface area contributed by atoms with Crippen LogP contribution in [0.15, 0.2) is 12.1 Å². The molecule has 1 aromatic rings. The van der Waals surface area contributed by atoms with Gasteiger partial charge < -0.3 is 14.8 Å². The zero-order chi connectivity index (χ0) is 19.1. The maximum Gasteiger partial charge on any atom is 0.387 e. The van der Waals surface area contributed by atoms with E-state index >= 15 is 0 Å². The fraction of sp³-hybridized carbons (Fsp3) is 0.533. The van der Waals surface area contributed by atoms with Gasteiger partial charge in [0.1, 0.15) is 0 Å². The fourth-order valence-electron chi connectivity index (χ4n) is 2.19. The molecule has 0 atom stereocenters. The second-order valence-corrected chi connectivity index (χ2v) is 5.66. The lowest BCUT2D eigenvalue weighted by Gasteiger charge is -2.18. The Morgan fingerprint density at radius 3 is 2.48 bits per heavy atom. The highest BCUT2D eigenvalue weighted by molar-refractivity contribution is 5.78. The number of hydrogen-bond acceptors (Lipinski definition) is 6. The molecule has 0 heterocycles. The smallest absolute Gasteiger partial charge is 0.387 e. The number of likely N-dealkylation sites (N-methyl/N-ethyl adjacent to an activating group) is 1. The average Bonchev–Trinajstić information content (AvgIpc) is 2.46. The number of hydrogen-bond donors (Lipinski definition) is 1. The van der Waals surface area contributed by atoms with Crippen molar-refractivity contribution in [2.45, 2.75) is 33.0 Å². The second-order valence-electron chi connectivity index (χ2n) is 5.66. The van der Waals surface area contributed by atoms with Crippen LogP contribution in [0.3, 0.4) is 0 Å². The van der Waals surface area contributed by atoms with Gasteiger partial charge in [0.15, 0.2) is 11.5 Å². The molecule has 0 unspecified atom stereocenters. The van der Waals surface area contributed by atoms with Crippen LogP contribution in [-0.4, -0.2) is 49.1 Å². The number of halogens is 2. The van der Waals surface area contributed by atoms with Crippen molar-refractivity contribution in [3.8, 4) is 11.5 Å². The summed E-state index contributed by atoms with van der Waals surface area (Å²) in [6.45, 7) is 0.562. The summed E-state index contributed by atoms with van der Waals surface area (Å²) in [5.41, 5.74) is -0.184. The number of nitro benzene ring substituents is 1. The van der Waals surface area contributed by atoms with E-state index in [0.29, 0.717) is 0 Å². The monoisotopic (exact) mass is 361 g/mol. The number of nitro groups is 1. The number of methoxy groups -OCH3 is 1. The van der Waals surface area contributed by atoms with E-state index in [-0.39, 0.29) is 36.4 Å². The Kier molecular flexibility index (Phi) is 7.49. The summed E-state index contributed by atoms with van der Waals surface area (Å²) in [7, 11) is 2.85. The number of ether oxygens (including phenoxy) is 2. The third kappa shape index (κ3) is 6.49. The van der Waals surface area contributed by atoms with Crippen molar-refractivity contribution in [2.75, 3.05) is 20.7 Å². The van der Waals surface area contributed by atoms with Crippen molar-refractivity contribution in [2.24, 2.45) is 0 Å². The van der Waals surface area contributed by atoms with Gasteiger partial charge in [0, 0.05) is 18.2 Å². The van der Waals surface area contributed by atoms with Crippen LogP contribution >= 0.6 is 0 Å². The summed E-state index contributed by atoms with van der Waals surface area (Å²) in [5.74, 6) is -0.709. The molecule has 0 bridgehead atoms. The van der Waals surface area contributed by atoms with Gasteiger partial charge in [-0.3, -0.25) is 19.8 Å². The first-order valence-corrected chi connectivity index (χ1v) is 7.42. The zero-order valence-electron chi connectivity index (χ0n) is 14.4. The Bertz CT molecular complexity index is 625. The van der Waals surface area contributed by atoms with E-state index in [1.165, 1.54) is 13.2 Å². The summed E-state index contributed by atoms with van der Waals surface area (Å²) in [5, 5.41) is 13.9. The molecule has 140 valence electrons. The molecule has 1 rings (SSSR count). The molecule has 0 saturated carbocycles. The van der Waals surface area contributed by atoms with Gasteiger partial charge in [0.25, 0.3) is 5.69 Å². The summed E-state index contributed by atoms with van der Waals surface area (Å²) in [6, 6.07) is 2.12. The van der Waals surface area contributed by atoms with Crippen LogP contribution in [0.25, 0.3) is 0 Å². The molecule has 0 fully saturated rings. The van der Waals surface area contributed by atoms with E-state index in [2.05, 4.69) is 10.1 Å². The third-order valence-corrected chi connectivity index (χ3v) is 3.08. The number of amides is 1.